The summed E-state index contributed by atoms with van der Waals surface area (Å²) in [6.45, 7) is 13.1. The largest absolute Gasteiger partial charge is 0.465 e. The average molecular weight is 256 g/mol. The minimum absolute atomic E-state index is 0.0877. The molecule has 0 aliphatic carbocycles. The molecular formula is C16H32O2. The van der Waals surface area contributed by atoms with Crippen LogP contribution in [0, 0.1) is 10.8 Å². The van der Waals surface area contributed by atoms with Crippen LogP contribution in [0.3, 0.4) is 0 Å². The van der Waals surface area contributed by atoms with Gasteiger partial charge in [0, 0.05) is 0 Å². The highest BCUT2D eigenvalue weighted by molar-refractivity contribution is 5.75. The number of hydrogen-bond acceptors (Lipinski definition) is 2. The molecule has 0 heterocycles. The molecule has 0 rings (SSSR count). The molecule has 0 aliphatic heterocycles. The van der Waals surface area contributed by atoms with Crippen LogP contribution in [0.1, 0.15) is 80.1 Å². The molecule has 0 fully saturated rings. The Labute approximate surface area is 113 Å². The van der Waals surface area contributed by atoms with E-state index in [9.17, 15) is 4.79 Å². The normalized spacial score (nSPS) is 12.6. The zero-order valence-corrected chi connectivity index (χ0v) is 13.3. The molecule has 0 spiro atoms. The third-order valence-electron chi connectivity index (χ3n) is 2.92. The van der Waals surface area contributed by atoms with Crippen LogP contribution >= 0.6 is 0 Å². The molecule has 2 nitrogen and oxygen atoms in total. The molecule has 0 radical (unpaired) electrons. The predicted molar refractivity (Wildman–Crippen MR) is 77.6 cm³/mol. The Kier molecular flexibility index (Phi) is 7.58. The van der Waals surface area contributed by atoms with Gasteiger partial charge in [-0.1, -0.05) is 46.5 Å². The number of carbonyl (C=O) groups excluding carboxylic acids is 1. The van der Waals surface area contributed by atoms with Crippen molar-refractivity contribution in [2.24, 2.45) is 10.8 Å². The number of ether oxygens (including phenoxy) is 1. The van der Waals surface area contributed by atoms with E-state index in [2.05, 4.69) is 20.8 Å². The topological polar surface area (TPSA) is 26.3 Å². The molecule has 108 valence electrons. The van der Waals surface area contributed by atoms with Crippen LogP contribution in [0.4, 0.5) is 0 Å². The molecule has 0 unspecified atom stereocenters. The molecule has 0 saturated heterocycles. The summed E-state index contributed by atoms with van der Waals surface area (Å²) < 4.78 is 5.23. The summed E-state index contributed by atoms with van der Waals surface area (Å²) in [6, 6.07) is 0. The number of hydrogen-bond donors (Lipinski definition) is 0. The van der Waals surface area contributed by atoms with Gasteiger partial charge in [0.05, 0.1) is 12.0 Å². The lowest BCUT2D eigenvalue weighted by Gasteiger charge is -2.17. The second-order valence-electron chi connectivity index (χ2n) is 7.46. The van der Waals surface area contributed by atoms with Crippen LogP contribution in [-0.4, -0.2) is 12.6 Å². The Morgan fingerprint density at radius 2 is 1.33 bits per heavy atom. The molecule has 0 N–H and O–H groups in total. The van der Waals surface area contributed by atoms with Gasteiger partial charge in [-0.3, -0.25) is 4.79 Å². The van der Waals surface area contributed by atoms with Crippen molar-refractivity contribution in [3.63, 3.8) is 0 Å². The van der Waals surface area contributed by atoms with Crippen molar-refractivity contribution < 1.29 is 9.53 Å². The Morgan fingerprint density at radius 3 is 1.83 bits per heavy atom. The molecule has 18 heavy (non-hydrogen) atoms. The smallest absolute Gasteiger partial charge is 0.311 e. The minimum atomic E-state index is -0.368. The summed E-state index contributed by atoms with van der Waals surface area (Å²) in [5.41, 5.74) is 0.0922. The standard InChI is InChI=1S/C16H32O2/c1-15(2,3)12-10-8-7-9-11-13-18-14(17)16(4,5)6/h7-13H2,1-6H3. The Balaban J connectivity index is 3.35. The minimum Gasteiger partial charge on any atom is -0.465 e. The highest BCUT2D eigenvalue weighted by Crippen LogP contribution is 2.22. The molecule has 0 saturated carbocycles. The number of rotatable bonds is 7. The van der Waals surface area contributed by atoms with E-state index in [1.54, 1.807) is 0 Å². The van der Waals surface area contributed by atoms with Gasteiger partial charge in [-0.2, -0.15) is 0 Å². The SMILES string of the molecule is CC(C)(C)CCCCCCCOC(=O)C(C)(C)C. The van der Waals surface area contributed by atoms with E-state index < -0.39 is 0 Å². The van der Waals surface area contributed by atoms with Gasteiger partial charge in [-0.25, -0.2) is 0 Å². The van der Waals surface area contributed by atoms with Gasteiger partial charge in [0.1, 0.15) is 0 Å². The molecule has 0 atom stereocenters. The van der Waals surface area contributed by atoms with Gasteiger partial charge < -0.3 is 4.74 Å². The van der Waals surface area contributed by atoms with Gasteiger partial charge >= 0.3 is 5.97 Å². The van der Waals surface area contributed by atoms with Crippen LogP contribution in [0.15, 0.2) is 0 Å². The van der Waals surface area contributed by atoms with Crippen LogP contribution in [0.2, 0.25) is 0 Å². The van der Waals surface area contributed by atoms with Crippen LogP contribution in [0.25, 0.3) is 0 Å². The lowest BCUT2D eigenvalue weighted by Crippen LogP contribution is -2.23. The lowest BCUT2D eigenvalue weighted by molar-refractivity contribution is -0.153. The molecule has 0 aromatic heterocycles. The quantitative estimate of drug-likeness (QED) is 0.475. The van der Waals surface area contributed by atoms with Crippen molar-refractivity contribution >= 4 is 5.97 Å². The Hall–Kier alpha value is -0.530. The summed E-state index contributed by atoms with van der Waals surface area (Å²) >= 11 is 0. The van der Waals surface area contributed by atoms with Gasteiger partial charge in [-0.15, -0.1) is 0 Å². The average Bonchev–Trinajstić information content (AvgIpc) is 2.18. The van der Waals surface area contributed by atoms with Crippen molar-refractivity contribution in [1.29, 1.82) is 0 Å². The van der Waals surface area contributed by atoms with Crippen LogP contribution in [0.5, 0.6) is 0 Å². The first-order chi connectivity index (χ1) is 8.13. The van der Waals surface area contributed by atoms with Gasteiger partial charge in [-0.05, 0) is 39.0 Å². The van der Waals surface area contributed by atoms with E-state index in [1.807, 2.05) is 20.8 Å². The first-order valence-electron chi connectivity index (χ1n) is 7.30. The lowest BCUT2D eigenvalue weighted by atomic mass is 9.89. The molecule has 0 aromatic rings. The van der Waals surface area contributed by atoms with E-state index in [1.165, 1.54) is 32.1 Å². The predicted octanol–water partition coefficient (Wildman–Crippen LogP) is 4.96. The highest BCUT2D eigenvalue weighted by atomic mass is 16.5. The fourth-order valence-electron chi connectivity index (χ4n) is 1.67. The number of carbonyl (C=O) groups is 1. The third-order valence-corrected chi connectivity index (χ3v) is 2.92. The van der Waals surface area contributed by atoms with E-state index in [-0.39, 0.29) is 11.4 Å². The highest BCUT2D eigenvalue weighted by Gasteiger charge is 2.22. The van der Waals surface area contributed by atoms with E-state index in [4.69, 9.17) is 4.74 Å². The number of unbranched alkanes of at least 4 members (excludes halogenated alkanes) is 4. The molecule has 0 bridgehead atoms. The maximum absolute atomic E-state index is 11.5. The molecule has 0 amide bonds. The first kappa shape index (κ1) is 17.5. The third kappa shape index (κ3) is 10.6. The summed E-state index contributed by atoms with van der Waals surface area (Å²) in [4.78, 5) is 11.5. The number of esters is 1. The molecule has 0 aromatic carbocycles. The summed E-state index contributed by atoms with van der Waals surface area (Å²) in [5.74, 6) is -0.0877. The fourth-order valence-corrected chi connectivity index (χ4v) is 1.67. The maximum atomic E-state index is 11.5. The Bertz CT molecular complexity index is 230. The zero-order valence-electron chi connectivity index (χ0n) is 13.3. The van der Waals surface area contributed by atoms with Crippen molar-refractivity contribution in [3.05, 3.63) is 0 Å². The summed E-state index contributed by atoms with van der Waals surface area (Å²) in [6.07, 6.45) is 7.32. The van der Waals surface area contributed by atoms with Gasteiger partial charge in [0.15, 0.2) is 0 Å². The summed E-state index contributed by atoms with van der Waals surface area (Å²) in [5, 5.41) is 0. The zero-order chi connectivity index (χ0) is 14.2. The van der Waals surface area contributed by atoms with Gasteiger partial charge in [0.25, 0.3) is 0 Å². The Morgan fingerprint density at radius 1 is 0.833 bits per heavy atom. The second kappa shape index (κ2) is 7.81. The maximum Gasteiger partial charge on any atom is 0.311 e. The van der Waals surface area contributed by atoms with Crippen molar-refractivity contribution in [2.45, 2.75) is 80.1 Å². The van der Waals surface area contributed by atoms with Crippen molar-refractivity contribution in [1.82, 2.24) is 0 Å². The second-order valence-corrected chi connectivity index (χ2v) is 7.46. The van der Waals surface area contributed by atoms with Gasteiger partial charge in [0.2, 0.25) is 0 Å². The summed E-state index contributed by atoms with van der Waals surface area (Å²) in [7, 11) is 0. The van der Waals surface area contributed by atoms with E-state index >= 15 is 0 Å². The first-order valence-corrected chi connectivity index (χ1v) is 7.30. The van der Waals surface area contributed by atoms with E-state index in [0.717, 1.165) is 6.42 Å². The van der Waals surface area contributed by atoms with Crippen LogP contribution < -0.4 is 0 Å². The molecule has 2 heteroatoms. The van der Waals surface area contributed by atoms with Crippen molar-refractivity contribution in [3.8, 4) is 0 Å². The fraction of sp³-hybridized carbons (Fsp3) is 0.938. The van der Waals surface area contributed by atoms with E-state index in [0.29, 0.717) is 12.0 Å². The molecule has 0 aliphatic rings. The monoisotopic (exact) mass is 256 g/mol. The molecular weight excluding hydrogens is 224 g/mol. The van der Waals surface area contributed by atoms with Crippen molar-refractivity contribution in [2.75, 3.05) is 6.61 Å². The van der Waals surface area contributed by atoms with Crippen LogP contribution in [-0.2, 0) is 9.53 Å².